The van der Waals surface area contributed by atoms with Crippen molar-refractivity contribution in [3.05, 3.63) is 76.3 Å². The number of aryl methyl sites for hydroxylation is 1. The van der Waals surface area contributed by atoms with Gasteiger partial charge in [-0.25, -0.2) is 17.5 Å². The van der Waals surface area contributed by atoms with Gasteiger partial charge in [0.2, 0.25) is 5.91 Å². The summed E-state index contributed by atoms with van der Waals surface area (Å²) in [6.45, 7) is 6.21. The first-order valence-electron chi connectivity index (χ1n) is 16.5. The summed E-state index contributed by atoms with van der Waals surface area (Å²) in [5.74, 6) is -2.92. The molecule has 0 bridgehead atoms. The van der Waals surface area contributed by atoms with Crippen LogP contribution in [0, 0.1) is 6.92 Å². The molecule has 18 heteroatoms. The van der Waals surface area contributed by atoms with Crippen LogP contribution in [0.5, 0.6) is 17.2 Å². The number of amides is 3. The van der Waals surface area contributed by atoms with Crippen molar-refractivity contribution < 1.29 is 54.9 Å². The van der Waals surface area contributed by atoms with E-state index in [-0.39, 0.29) is 53.0 Å². The smallest absolute Gasteiger partial charge is 0.497 e. The third-order valence-corrected chi connectivity index (χ3v) is 10.9. The molecule has 2 aliphatic heterocycles. The van der Waals surface area contributed by atoms with Gasteiger partial charge in [0.25, 0.3) is 15.9 Å². The van der Waals surface area contributed by atoms with Gasteiger partial charge in [0.15, 0.2) is 11.3 Å². The minimum atomic E-state index is -5.33. The lowest BCUT2D eigenvalue weighted by molar-refractivity contribution is -0.275. The molecule has 0 saturated carbocycles. The fourth-order valence-corrected chi connectivity index (χ4v) is 8.43. The van der Waals surface area contributed by atoms with E-state index in [2.05, 4.69) is 4.74 Å². The van der Waals surface area contributed by atoms with E-state index in [4.69, 9.17) is 25.8 Å². The molecule has 0 aromatic heterocycles. The molecule has 13 nitrogen and oxygen atoms in total. The number of carbonyl (C=O) groups is 3. The summed E-state index contributed by atoms with van der Waals surface area (Å²) in [6.07, 6.45) is -6.05. The van der Waals surface area contributed by atoms with Crippen LogP contribution in [0.3, 0.4) is 0 Å². The number of fused-ring (bicyclic) bond motifs is 1. The highest BCUT2D eigenvalue weighted by Crippen LogP contribution is 2.55. The summed E-state index contributed by atoms with van der Waals surface area (Å²) in [4.78, 5) is 46.3. The first-order valence-corrected chi connectivity index (χ1v) is 18.3. The van der Waals surface area contributed by atoms with Gasteiger partial charge >= 0.3 is 12.5 Å². The molecular weight excluding hydrogens is 757 g/mol. The highest BCUT2D eigenvalue weighted by atomic mass is 35.5. The lowest BCUT2D eigenvalue weighted by Crippen LogP contribution is -2.68. The molecule has 54 heavy (non-hydrogen) atoms. The zero-order chi connectivity index (χ0) is 40.1. The van der Waals surface area contributed by atoms with Gasteiger partial charge in [-0.1, -0.05) is 23.2 Å². The monoisotopic (exact) mass is 796 g/mol. The molecule has 2 heterocycles. The van der Waals surface area contributed by atoms with Gasteiger partial charge in [0.05, 0.1) is 19.9 Å². The molecule has 2 atom stereocenters. The topological polar surface area (TPSA) is 135 Å². The molecule has 292 valence electrons. The van der Waals surface area contributed by atoms with Crippen molar-refractivity contribution in [3.8, 4) is 17.2 Å². The number of hydrogen-bond donors (Lipinski definition) is 0. The molecule has 1 saturated heterocycles. The van der Waals surface area contributed by atoms with Crippen LogP contribution in [0.1, 0.15) is 37.5 Å². The van der Waals surface area contributed by atoms with Gasteiger partial charge in [-0.3, -0.25) is 14.5 Å². The van der Waals surface area contributed by atoms with E-state index in [1.54, 1.807) is 45.9 Å². The number of hydrogen-bond acceptors (Lipinski definition) is 10. The van der Waals surface area contributed by atoms with Gasteiger partial charge < -0.3 is 28.7 Å². The number of halogens is 4. The molecule has 0 N–H and O–H groups in total. The van der Waals surface area contributed by atoms with Gasteiger partial charge in [-0.2, -0.15) is 0 Å². The predicted octanol–water partition coefficient (Wildman–Crippen LogP) is 5.55. The summed E-state index contributed by atoms with van der Waals surface area (Å²) in [7, 11) is 0.202. The Labute approximate surface area is 316 Å². The standard InChI is InChI=1S/C36H40ClF3N4O9S/c1-21-9-13-28(51-8)25(17-21)35(43-16-15-42(33(47)53-34(2,3)4)20-27(43)31(45)41(5)6)24-18-22(37)10-12-26(24)44(32(35)46)54(48,49)30-14-11-23(50-7)19-29(30)52-36(38,39)40/h9-14,17-19,27H,15-16,20H2,1-8H3. The highest BCUT2D eigenvalue weighted by molar-refractivity contribution is 7.93. The quantitative estimate of drug-likeness (QED) is 0.286. The number of likely N-dealkylation sites (N-methyl/N-ethyl adjacent to an activating group) is 1. The van der Waals surface area contributed by atoms with Crippen LogP contribution < -0.4 is 18.5 Å². The number of carbonyl (C=O) groups excluding carboxylic acids is 3. The zero-order valence-electron chi connectivity index (χ0n) is 30.8. The Morgan fingerprint density at radius 2 is 1.61 bits per heavy atom. The Balaban J connectivity index is 1.84. The summed E-state index contributed by atoms with van der Waals surface area (Å²) in [5, 5.41) is 0.0743. The number of benzene rings is 3. The summed E-state index contributed by atoms with van der Waals surface area (Å²) in [6, 6.07) is 10.2. The van der Waals surface area contributed by atoms with Gasteiger partial charge in [0.1, 0.15) is 28.0 Å². The van der Waals surface area contributed by atoms with Gasteiger partial charge in [-0.15, -0.1) is 13.2 Å². The predicted molar refractivity (Wildman–Crippen MR) is 191 cm³/mol. The van der Waals surface area contributed by atoms with Crippen LogP contribution in [0.4, 0.5) is 23.7 Å². The molecule has 3 aromatic carbocycles. The molecule has 2 aliphatic rings. The van der Waals surface area contributed by atoms with E-state index in [9.17, 15) is 31.2 Å². The SMILES string of the molecule is COc1ccc(S(=O)(=O)N2C(=O)C(c3cc(C)ccc3OC)(N3CCN(C(=O)OC(C)(C)C)CC3C(=O)N(C)C)c3cc(Cl)ccc32)c(OC(F)(F)F)c1. The molecule has 2 unspecified atom stereocenters. The molecule has 0 radical (unpaired) electrons. The number of alkyl halides is 3. The van der Waals surface area contributed by atoms with E-state index in [0.29, 0.717) is 9.87 Å². The molecular formula is C36H40ClF3N4O9S. The second-order valence-electron chi connectivity index (χ2n) is 13.9. The van der Waals surface area contributed by atoms with Crippen LogP contribution >= 0.6 is 11.6 Å². The maximum absolute atomic E-state index is 15.6. The highest BCUT2D eigenvalue weighted by Gasteiger charge is 2.63. The molecule has 5 rings (SSSR count). The van der Waals surface area contributed by atoms with E-state index in [1.165, 1.54) is 61.2 Å². The first kappa shape index (κ1) is 40.4. The van der Waals surface area contributed by atoms with Gasteiger partial charge in [-0.05, 0) is 70.2 Å². The fraction of sp³-hybridized carbons (Fsp3) is 0.417. The van der Waals surface area contributed by atoms with Crippen molar-refractivity contribution >= 4 is 45.2 Å². The molecule has 3 amide bonds. The number of nitrogens with zero attached hydrogens (tertiary/aromatic N) is 4. The number of piperazine rings is 1. The lowest BCUT2D eigenvalue weighted by Gasteiger charge is -2.49. The van der Waals surface area contributed by atoms with Crippen LogP contribution in [-0.2, 0) is 29.9 Å². The van der Waals surface area contributed by atoms with Crippen molar-refractivity contribution in [1.29, 1.82) is 0 Å². The van der Waals surface area contributed by atoms with E-state index >= 15 is 4.79 Å². The Hall–Kier alpha value is -4.74. The van der Waals surface area contributed by atoms with Crippen LogP contribution in [0.15, 0.2) is 59.5 Å². The average Bonchev–Trinajstić information content (AvgIpc) is 3.33. The third kappa shape index (κ3) is 7.36. The second kappa shape index (κ2) is 14.5. The maximum Gasteiger partial charge on any atom is 0.573 e. The minimum absolute atomic E-state index is 0.0125. The largest absolute Gasteiger partial charge is 0.573 e. The Bertz CT molecular complexity index is 2090. The van der Waals surface area contributed by atoms with Crippen LogP contribution in [-0.4, -0.2) is 107 Å². The van der Waals surface area contributed by atoms with Crippen LogP contribution in [0.25, 0.3) is 0 Å². The number of rotatable bonds is 8. The Morgan fingerprint density at radius 3 is 2.20 bits per heavy atom. The molecule has 3 aromatic rings. The van der Waals surface area contributed by atoms with Crippen molar-refractivity contribution in [2.24, 2.45) is 0 Å². The van der Waals surface area contributed by atoms with Crippen LogP contribution in [0.2, 0.25) is 5.02 Å². The van der Waals surface area contributed by atoms with Crippen molar-refractivity contribution in [2.75, 3.05) is 52.3 Å². The second-order valence-corrected chi connectivity index (χ2v) is 16.1. The normalized spacial score (nSPS) is 19.3. The minimum Gasteiger partial charge on any atom is -0.497 e. The lowest BCUT2D eigenvalue weighted by atomic mass is 9.79. The van der Waals surface area contributed by atoms with E-state index < -0.39 is 62.1 Å². The number of ether oxygens (including phenoxy) is 4. The number of methoxy groups -OCH3 is 2. The zero-order valence-corrected chi connectivity index (χ0v) is 32.4. The Morgan fingerprint density at radius 1 is 0.926 bits per heavy atom. The molecule has 0 aliphatic carbocycles. The maximum atomic E-state index is 15.6. The van der Waals surface area contributed by atoms with E-state index in [0.717, 1.165) is 18.2 Å². The summed E-state index contributed by atoms with van der Waals surface area (Å²) in [5.41, 5.74) is -2.66. The first-order chi connectivity index (χ1) is 25.1. The number of anilines is 1. The third-order valence-electron chi connectivity index (χ3n) is 8.89. The Kier molecular flexibility index (Phi) is 10.8. The molecule has 1 fully saturated rings. The number of sulfonamides is 1. The summed E-state index contributed by atoms with van der Waals surface area (Å²) >= 11 is 6.58. The average molecular weight is 797 g/mol. The molecule has 0 spiro atoms. The summed E-state index contributed by atoms with van der Waals surface area (Å²) < 4.78 is 91.7. The van der Waals surface area contributed by atoms with Crippen molar-refractivity contribution in [1.82, 2.24) is 14.7 Å². The van der Waals surface area contributed by atoms with Gasteiger partial charge in [0, 0.05) is 55.9 Å². The van der Waals surface area contributed by atoms with Crippen molar-refractivity contribution in [2.45, 2.75) is 56.1 Å². The van der Waals surface area contributed by atoms with Crippen molar-refractivity contribution in [3.63, 3.8) is 0 Å². The van der Waals surface area contributed by atoms with E-state index in [1.807, 2.05) is 0 Å². The fourth-order valence-electron chi connectivity index (χ4n) is 6.70.